The number of fused-ring (bicyclic) bond motifs is 1. The summed E-state index contributed by atoms with van der Waals surface area (Å²) in [6.07, 6.45) is 2.05. The van der Waals surface area contributed by atoms with Crippen molar-refractivity contribution in [2.45, 2.75) is 25.8 Å². The summed E-state index contributed by atoms with van der Waals surface area (Å²) in [6.45, 7) is 2.15. The van der Waals surface area contributed by atoms with Gasteiger partial charge in [-0.3, -0.25) is 9.59 Å². The number of carbonyl (C=O) groups excluding carboxylic acids is 2. The molecule has 0 aliphatic carbocycles. The van der Waals surface area contributed by atoms with E-state index in [9.17, 15) is 9.59 Å². The van der Waals surface area contributed by atoms with E-state index < -0.39 is 0 Å². The van der Waals surface area contributed by atoms with Crippen LogP contribution in [-0.4, -0.2) is 24.9 Å². The molecule has 0 radical (unpaired) electrons. The van der Waals surface area contributed by atoms with E-state index in [1.807, 2.05) is 47.4 Å². The molecule has 27 heavy (non-hydrogen) atoms. The highest BCUT2D eigenvalue weighted by atomic mass is 35.5. The van der Waals surface area contributed by atoms with Gasteiger partial charge in [-0.05, 0) is 60.8 Å². The molecule has 2 amide bonds. The number of nitrogens with zero attached hydrogens (tertiary/aromatic N) is 1. The van der Waals surface area contributed by atoms with Crippen LogP contribution in [0.5, 0.6) is 0 Å². The van der Waals surface area contributed by atoms with Crippen LogP contribution < -0.4 is 15.5 Å². The number of hydrogen-bond donors (Lipinski definition) is 2. The maximum atomic E-state index is 12.5. The molecule has 5 nitrogen and oxygen atoms in total. The summed E-state index contributed by atoms with van der Waals surface area (Å²) >= 11 is 5.95. The summed E-state index contributed by atoms with van der Waals surface area (Å²) in [5.74, 6) is 0.208. The molecule has 2 aromatic carbocycles. The smallest absolute Gasteiger partial charge is 0.228 e. The highest BCUT2D eigenvalue weighted by Crippen LogP contribution is 2.32. The van der Waals surface area contributed by atoms with Gasteiger partial charge in [0, 0.05) is 29.4 Å². The molecule has 1 atom stereocenters. The molecular formula is C21H22ClN3O2. The molecular weight excluding hydrogens is 362 g/mol. The van der Waals surface area contributed by atoms with Crippen molar-refractivity contribution in [1.82, 2.24) is 5.32 Å². The Bertz CT molecular complexity index is 860. The van der Waals surface area contributed by atoms with Crippen LogP contribution in [0.1, 0.15) is 24.0 Å². The van der Waals surface area contributed by atoms with Gasteiger partial charge >= 0.3 is 0 Å². The molecule has 2 aliphatic heterocycles. The molecule has 4 rings (SSSR count). The van der Waals surface area contributed by atoms with Gasteiger partial charge in [0.15, 0.2) is 0 Å². The van der Waals surface area contributed by atoms with E-state index in [-0.39, 0.29) is 17.7 Å². The summed E-state index contributed by atoms with van der Waals surface area (Å²) in [5, 5.41) is 6.91. The second kappa shape index (κ2) is 7.71. The van der Waals surface area contributed by atoms with E-state index in [1.165, 1.54) is 0 Å². The van der Waals surface area contributed by atoms with Crippen LogP contribution in [0, 0.1) is 5.92 Å². The van der Waals surface area contributed by atoms with E-state index in [4.69, 9.17) is 11.6 Å². The van der Waals surface area contributed by atoms with Crippen molar-refractivity contribution in [3.05, 3.63) is 58.6 Å². The number of amides is 2. The third-order valence-electron chi connectivity index (χ3n) is 5.23. The molecule has 140 valence electrons. The van der Waals surface area contributed by atoms with Gasteiger partial charge in [0.2, 0.25) is 11.8 Å². The summed E-state index contributed by atoms with van der Waals surface area (Å²) in [6, 6.07) is 13.4. The molecule has 0 aromatic heterocycles. The standard InChI is InChI=1S/C21H22ClN3O2/c22-17-4-1-14(2-5-17)13-25-19-7-6-18(11-15(19)3-8-20(25)26)24-21(27)16-9-10-23-12-16/h1-2,4-7,11,16,23H,3,8-10,12-13H2,(H,24,27). The van der Waals surface area contributed by atoms with Gasteiger partial charge in [-0.1, -0.05) is 23.7 Å². The van der Waals surface area contributed by atoms with E-state index >= 15 is 0 Å². The monoisotopic (exact) mass is 383 g/mol. The number of benzene rings is 2. The molecule has 2 aromatic rings. The normalized spacial score (nSPS) is 19.1. The average Bonchev–Trinajstić information content (AvgIpc) is 3.21. The van der Waals surface area contributed by atoms with Crippen LogP contribution in [0.4, 0.5) is 11.4 Å². The zero-order valence-corrected chi connectivity index (χ0v) is 15.8. The lowest BCUT2D eigenvalue weighted by atomic mass is 9.99. The third kappa shape index (κ3) is 3.99. The van der Waals surface area contributed by atoms with Crippen LogP contribution in [0.25, 0.3) is 0 Å². The van der Waals surface area contributed by atoms with Crippen molar-refractivity contribution in [3.63, 3.8) is 0 Å². The van der Waals surface area contributed by atoms with Gasteiger partial charge in [0.25, 0.3) is 0 Å². The topological polar surface area (TPSA) is 61.4 Å². The fraction of sp³-hybridized carbons (Fsp3) is 0.333. The fourth-order valence-corrected chi connectivity index (χ4v) is 3.83. The zero-order chi connectivity index (χ0) is 18.8. The highest BCUT2D eigenvalue weighted by molar-refractivity contribution is 6.30. The average molecular weight is 384 g/mol. The molecule has 1 fully saturated rings. The Labute approximate surface area is 163 Å². The molecule has 2 heterocycles. The number of rotatable bonds is 4. The van der Waals surface area contributed by atoms with Gasteiger partial charge in [-0.15, -0.1) is 0 Å². The molecule has 6 heteroatoms. The maximum Gasteiger partial charge on any atom is 0.228 e. The van der Waals surface area contributed by atoms with E-state index in [0.717, 1.165) is 42.0 Å². The van der Waals surface area contributed by atoms with Gasteiger partial charge in [0.1, 0.15) is 0 Å². The first-order chi connectivity index (χ1) is 13.1. The molecule has 1 unspecified atom stereocenters. The lowest BCUT2D eigenvalue weighted by Crippen LogP contribution is -2.34. The SMILES string of the molecule is O=C(Nc1ccc2c(c1)CCC(=O)N2Cc1ccc(Cl)cc1)C1CCNC1. The Morgan fingerprint density at radius 2 is 2.00 bits per heavy atom. The molecule has 0 spiro atoms. The van der Waals surface area contributed by atoms with Gasteiger partial charge in [-0.25, -0.2) is 0 Å². The molecule has 0 saturated carbocycles. The number of halogens is 1. The van der Waals surface area contributed by atoms with Crippen molar-refractivity contribution in [2.24, 2.45) is 5.92 Å². The van der Waals surface area contributed by atoms with Crippen LogP contribution in [0.2, 0.25) is 5.02 Å². The Morgan fingerprint density at radius 3 is 2.74 bits per heavy atom. The summed E-state index contributed by atoms with van der Waals surface area (Å²) < 4.78 is 0. The first kappa shape index (κ1) is 18.0. The van der Waals surface area contributed by atoms with Crippen LogP contribution >= 0.6 is 11.6 Å². The first-order valence-electron chi connectivity index (χ1n) is 9.29. The van der Waals surface area contributed by atoms with Crippen molar-refractivity contribution < 1.29 is 9.59 Å². The molecule has 2 aliphatic rings. The minimum Gasteiger partial charge on any atom is -0.326 e. The van der Waals surface area contributed by atoms with Crippen LogP contribution in [0.15, 0.2) is 42.5 Å². The minimum atomic E-state index is 0.0315. The molecule has 2 N–H and O–H groups in total. The van der Waals surface area contributed by atoms with Crippen molar-refractivity contribution >= 4 is 34.8 Å². The zero-order valence-electron chi connectivity index (χ0n) is 15.0. The molecule has 1 saturated heterocycles. The quantitative estimate of drug-likeness (QED) is 0.850. The number of anilines is 2. The lowest BCUT2D eigenvalue weighted by Gasteiger charge is -2.30. The number of aryl methyl sites for hydroxylation is 1. The molecule has 0 bridgehead atoms. The number of carbonyl (C=O) groups is 2. The van der Waals surface area contributed by atoms with Crippen LogP contribution in [0.3, 0.4) is 0 Å². The second-order valence-electron chi connectivity index (χ2n) is 7.13. The van der Waals surface area contributed by atoms with Gasteiger partial charge < -0.3 is 15.5 Å². The van der Waals surface area contributed by atoms with Crippen molar-refractivity contribution in [3.8, 4) is 0 Å². The lowest BCUT2D eigenvalue weighted by molar-refractivity contribution is -0.120. The Kier molecular flexibility index (Phi) is 5.14. The first-order valence-corrected chi connectivity index (χ1v) is 9.67. The van der Waals surface area contributed by atoms with E-state index in [2.05, 4.69) is 10.6 Å². The summed E-state index contributed by atoms with van der Waals surface area (Å²) in [7, 11) is 0. The van der Waals surface area contributed by atoms with Gasteiger partial charge in [0.05, 0.1) is 12.5 Å². The predicted octanol–water partition coefficient (Wildman–Crippen LogP) is 3.37. The second-order valence-corrected chi connectivity index (χ2v) is 7.57. The minimum absolute atomic E-state index is 0.0315. The van der Waals surface area contributed by atoms with E-state index in [1.54, 1.807) is 0 Å². The van der Waals surface area contributed by atoms with Gasteiger partial charge in [-0.2, -0.15) is 0 Å². The third-order valence-corrected chi connectivity index (χ3v) is 5.48. The number of hydrogen-bond acceptors (Lipinski definition) is 3. The Balaban J connectivity index is 1.52. The Hall–Kier alpha value is -2.37. The largest absolute Gasteiger partial charge is 0.326 e. The summed E-state index contributed by atoms with van der Waals surface area (Å²) in [5.41, 5.74) is 3.84. The number of nitrogens with one attached hydrogen (secondary N) is 2. The Morgan fingerprint density at radius 1 is 1.19 bits per heavy atom. The van der Waals surface area contributed by atoms with Crippen molar-refractivity contribution in [1.29, 1.82) is 0 Å². The fourth-order valence-electron chi connectivity index (χ4n) is 3.71. The summed E-state index contributed by atoms with van der Waals surface area (Å²) in [4.78, 5) is 26.6. The predicted molar refractivity (Wildman–Crippen MR) is 107 cm³/mol. The van der Waals surface area contributed by atoms with E-state index in [0.29, 0.717) is 24.4 Å². The highest BCUT2D eigenvalue weighted by Gasteiger charge is 2.26. The van der Waals surface area contributed by atoms with Crippen LogP contribution in [-0.2, 0) is 22.6 Å². The maximum absolute atomic E-state index is 12.5. The van der Waals surface area contributed by atoms with Crippen molar-refractivity contribution in [2.75, 3.05) is 23.3 Å².